The zero-order chi connectivity index (χ0) is 25.5. The van der Waals surface area contributed by atoms with Gasteiger partial charge in [0.05, 0.1) is 12.1 Å². The number of rotatable bonds is 7. The average molecular weight is 518 g/mol. The third-order valence-corrected chi connectivity index (χ3v) is 10.1. The predicted molar refractivity (Wildman–Crippen MR) is 133 cm³/mol. The van der Waals surface area contributed by atoms with E-state index in [4.69, 9.17) is 4.74 Å². The number of allylic oxidation sites excluding steroid dienone is 2. The van der Waals surface area contributed by atoms with E-state index in [0.717, 1.165) is 17.7 Å². The molecule has 2 unspecified atom stereocenters. The molecule has 4 rings (SSSR count). The number of ether oxygens (including phenoxy) is 1. The number of hydrogen-bond acceptors (Lipinski definition) is 6. The minimum Gasteiger partial charge on any atom is -0.494 e. The van der Waals surface area contributed by atoms with E-state index in [1.807, 2.05) is 12.1 Å². The molecule has 0 aromatic heterocycles. The number of fused-ring (bicyclic) bond motifs is 1. The van der Waals surface area contributed by atoms with Crippen molar-refractivity contribution in [2.45, 2.75) is 36.6 Å². The molecule has 0 radical (unpaired) electrons. The van der Waals surface area contributed by atoms with Crippen molar-refractivity contribution in [3.63, 3.8) is 0 Å². The molecular weight excluding hydrogens is 490 g/mol. The molecule has 2 aliphatic rings. The first kappa shape index (κ1) is 25.3. The second-order valence-electron chi connectivity index (χ2n) is 8.80. The fraction of sp³-hybridized carbons (Fsp3) is 0.280. The third kappa shape index (κ3) is 4.05. The molecule has 1 heterocycles. The molecule has 186 valence electrons. The van der Waals surface area contributed by atoms with Crippen LogP contribution in [0, 0.1) is 5.41 Å². The summed E-state index contributed by atoms with van der Waals surface area (Å²) < 4.78 is 76.4. The fourth-order valence-corrected chi connectivity index (χ4v) is 7.96. The van der Waals surface area contributed by atoms with E-state index in [2.05, 4.69) is 5.32 Å². The Balaban J connectivity index is 2.15. The van der Waals surface area contributed by atoms with Crippen LogP contribution in [0.25, 0.3) is 6.08 Å². The molecule has 0 saturated carbocycles. The lowest BCUT2D eigenvalue weighted by Crippen LogP contribution is -2.62. The summed E-state index contributed by atoms with van der Waals surface area (Å²) in [4.78, 5) is 0. The molecular formula is C25H27NO7S2. The maximum absolute atomic E-state index is 13.1. The summed E-state index contributed by atoms with van der Waals surface area (Å²) in [5, 5.41) is 3.21. The van der Waals surface area contributed by atoms with Gasteiger partial charge in [0, 0.05) is 6.54 Å². The van der Waals surface area contributed by atoms with Gasteiger partial charge in [0.2, 0.25) is 0 Å². The van der Waals surface area contributed by atoms with E-state index in [9.17, 15) is 25.9 Å². The second kappa shape index (κ2) is 9.03. The fourth-order valence-electron chi connectivity index (χ4n) is 4.97. The van der Waals surface area contributed by atoms with Gasteiger partial charge in [-0.25, -0.2) is 0 Å². The summed E-state index contributed by atoms with van der Waals surface area (Å²) in [6.45, 7) is 3.74. The highest BCUT2D eigenvalue weighted by atomic mass is 32.3. The maximum atomic E-state index is 13.1. The van der Waals surface area contributed by atoms with Crippen LogP contribution in [-0.4, -0.2) is 36.1 Å². The van der Waals surface area contributed by atoms with Gasteiger partial charge in [0.25, 0.3) is 24.3 Å². The van der Waals surface area contributed by atoms with Crippen molar-refractivity contribution in [3.05, 3.63) is 101 Å². The summed E-state index contributed by atoms with van der Waals surface area (Å²) in [5.41, 5.74) is -0.0371. The van der Waals surface area contributed by atoms with Crippen molar-refractivity contribution >= 4 is 26.3 Å². The van der Waals surface area contributed by atoms with Crippen molar-refractivity contribution in [1.82, 2.24) is 5.32 Å². The SMILES string of the molecule is CC(C)OC1=CC=CC(S(=O)(=O)O)(S(=O)(=O)O)C1(C=Cc1ccccc1)C1NCc2ccccc21. The average Bonchev–Trinajstić information content (AvgIpc) is 3.21. The molecule has 0 fully saturated rings. The van der Waals surface area contributed by atoms with Gasteiger partial charge >= 0.3 is 0 Å². The maximum Gasteiger partial charge on any atom is 0.293 e. The molecule has 3 N–H and O–H groups in total. The summed E-state index contributed by atoms with van der Waals surface area (Å²) >= 11 is 0. The molecule has 0 bridgehead atoms. The van der Waals surface area contributed by atoms with Gasteiger partial charge in [-0.1, -0.05) is 72.8 Å². The van der Waals surface area contributed by atoms with E-state index >= 15 is 0 Å². The monoisotopic (exact) mass is 517 g/mol. The molecule has 35 heavy (non-hydrogen) atoms. The lowest BCUT2D eigenvalue weighted by molar-refractivity contribution is 0.0766. The Morgan fingerprint density at radius 2 is 1.63 bits per heavy atom. The van der Waals surface area contributed by atoms with Crippen LogP contribution >= 0.6 is 0 Å². The molecule has 2 aromatic rings. The van der Waals surface area contributed by atoms with E-state index in [0.29, 0.717) is 17.7 Å². The number of hydrogen-bond donors (Lipinski definition) is 3. The normalized spacial score (nSPS) is 23.9. The van der Waals surface area contributed by atoms with Crippen molar-refractivity contribution < 1.29 is 30.7 Å². The van der Waals surface area contributed by atoms with Gasteiger partial charge in [0.1, 0.15) is 11.2 Å². The van der Waals surface area contributed by atoms with Crippen LogP contribution in [0.1, 0.15) is 36.6 Å². The quantitative estimate of drug-likeness (QED) is 0.472. The Morgan fingerprint density at radius 1 is 1.00 bits per heavy atom. The molecule has 0 saturated heterocycles. The summed E-state index contributed by atoms with van der Waals surface area (Å²) in [6.07, 6.45) is 5.91. The summed E-state index contributed by atoms with van der Waals surface area (Å²) in [6, 6.07) is 15.0. The van der Waals surface area contributed by atoms with Crippen LogP contribution in [0.4, 0.5) is 0 Å². The Bertz CT molecular complexity index is 1380. The van der Waals surface area contributed by atoms with Gasteiger partial charge in [0.15, 0.2) is 0 Å². The Morgan fingerprint density at radius 3 is 2.26 bits per heavy atom. The smallest absolute Gasteiger partial charge is 0.293 e. The topological polar surface area (TPSA) is 130 Å². The van der Waals surface area contributed by atoms with Crippen molar-refractivity contribution in [1.29, 1.82) is 0 Å². The Hall–Kier alpha value is -2.76. The van der Waals surface area contributed by atoms with E-state index in [1.165, 1.54) is 12.2 Å². The van der Waals surface area contributed by atoms with Crippen molar-refractivity contribution in [2.75, 3.05) is 0 Å². The zero-order valence-corrected chi connectivity index (χ0v) is 20.8. The first-order chi connectivity index (χ1) is 16.4. The predicted octanol–water partition coefficient (Wildman–Crippen LogP) is 3.88. The molecule has 1 aliphatic carbocycles. The van der Waals surface area contributed by atoms with Crippen molar-refractivity contribution in [2.24, 2.45) is 5.41 Å². The third-order valence-electron chi connectivity index (χ3n) is 6.33. The molecule has 2 aromatic carbocycles. The van der Waals surface area contributed by atoms with Gasteiger partial charge in [-0.15, -0.1) is 0 Å². The first-order valence-electron chi connectivity index (χ1n) is 11.0. The highest BCUT2D eigenvalue weighted by molar-refractivity contribution is 8.05. The van der Waals surface area contributed by atoms with E-state index in [-0.39, 0.29) is 5.76 Å². The van der Waals surface area contributed by atoms with Crippen molar-refractivity contribution in [3.8, 4) is 0 Å². The van der Waals surface area contributed by atoms with Crippen LogP contribution in [-0.2, 0) is 31.5 Å². The first-order valence-corrected chi connectivity index (χ1v) is 13.9. The zero-order valence-electron chi connectivity index (χ0n) is 19.2. The summed E-state index contributed by atoms with van der Waals surface area (Å²) in [7, 11) is -11.0. The highest BCUT2D eigenvalue weighted by Crippen LogP contribution is 2.59. The molecule has 2 atom stereocenters. The van der Waals surface area contributed by atoms with Crippen LogP contribution in [0.2, 0.25) is 0 Å². The Labute approximate surface area is 205 Å². The summed E-state index contributed by atoms with van der Waals surface area (Å²) in [5.74, 6) is -0.0355. The lowest BCUT2D eigenvalue weighted by atomic mass is 9.69. The molecule has 0 amide bonds. The largest absolute Gasteiger partial charge is 0.494 e. The van der Waals surface area contributed by atoms with Crippen LogP contribution in [0.5, 0.6) is 0 Å². The molecule has 8 nitrogen and oxygen atoms in total. The van der Waals surface area contributed by atoms with E-state index < -0.39 is 41.9 Å². The number of benzene rings is 2. The standard InChI is InChI=1S/C25H27NO7S2/c1-18(2)33-22-13-8-15-25(34(27,28)29,35(30,31)32)24(22,16-14-19-9-4-3-5-10-19)23-21-12-7-6-11-20(21)17-26-23/h3-16,18,23,26H,17H2,1-2H3,(H,27,28,29)(H,30,31,32). The number of nitrogens with one attached hydrogen (secondary N) is 1. The van der Waals surface area contributed by atoms with Gasteiger partial charge < -0.3 is 10.1 Å². The molecule has 10 heteroatoms. The second-order valence-corrected chi connectivity index (χ2v) is 12.2. The van der Waals surface area contributed by atoms with E-state index in [1.54, 1.807) is 62.4 Å². The van der Waals surface area contributed by atoms with Crippen LogP contribution in [0.15, 0.2) is 84.7 Å². The molecule has 1 aliphatic heterocycles. The van der Waals surface area contributed by atoms with Gasteiger partial charge in [-0.05, 0) is 42.7 Å². The minimum absolute atomic E-state index is 0.0355. The van der Waals surface area contributed by atoms with Gasteiger partial charge in [-0.2, -0.15) is 16.8 Å². The van der Waals surface area contributed by atoms with Crippen LogP contribution < -0.4 is 5.32 Å². The lowest BCUT2D eigenvalue weighted by Gasteiger charge is -2.49. The molecule has 0 spiro atoms. The van der Waals surface area contributed by atoms with Crippen LogP contribution in [0.3, 0.4) is 0 Å². The Kier molecular flexibility index (Phi) is 6.54. The van der Waals surface area contributed by atoms with Gasteiger partial charge in [-0.3, -0.25) is 9.11 Å². The minimum atomic E-state index is -5.50. The highest BCUT2D eigenvalue weighted by Gasteiger charge is 2.72.